The highest BCUT2D eigenvalue weighted by Gasteiger charge is 2.23. The van der Waals surface area contributed by atoms with Crippen molar-refractivity contribution in [2.75, 3.05) is 40.9 Å². The van der Waals surface area contributed by atoms with Gasteiger partial charge in [-0.1, -0.05) is 207 Å². The molecular formula is C58H101N2O6P. The summed E-state index contributed by atoms with van der Waals surface area (Å²) in [6, 6.07) is -0.926. The van der Waals surface area contributed by atoms with E-state index in [1.54, 1.807) is 6.08 Å². The van der Waals surface area contributed by atoms with Gasteiger partial charge in [-0.3, -0.25) is 9.36 Å². The summed E-state index contributed by atoms with van der Waals surface area (Å²) in [7, 11) is 1.21. The molecule has 9 heteroatoms. The number of rotatable bonds is 47. The minimum absolute atomic E-state index is 0.0184. The van der Waals surface area contributed by atoms with Gasteiger partial charge in [0.25, 0.3) is 7.82 Å². The number of aliphatic hydroxyl groups is 1. The highest BCUT2D eigenvalue weighted by atomic mass is 31.2. The number of carbonyl (C=O) groups excluding carboxylic acids is 1. The molecule has 3 atom stereocenters. The number of hydrogen-bond donors (Lipinski definition) is 2. The van der Waals surface area contributed by atoms with Gasteiger partial charge in [-0.25, -0.2) is 0 Å². The summed E-state index contributed by atoms with van der Waals surface area (Å²) in [6.07, 6.45) is 70.1. The number of quaternary nitrogens is 1. The average Bonchev–Trinajstić information content (AvgIpc) is 3.29. The van der Waals surface area contributed by atoms with Crippen molar-refractivity contribution in [1.29, 1.82) is 0 Å². The minimum atomic E-state index is -4.62. The number of unbranched alkanes of at least 4 members (excludes halogenated alkanes) is 18. The van der Waals surface area contributed by atoms with Crippen molar-refractivity contribution in [1.82, 2.24) is 5.32 Å². The van der Waals surface area contributed by atoms with E-state index in [4.69, 9.17) is 9.05 Å². The molecule has 2 N–H and O–H groups in total. The third-order valence-corrected chi connectivity index (χ3v) is 12.2. The van der Waals surface area contributed by atoms with E-state index < -0.39 is 26.6 Å². The highest BCUT2D eigenvalue weighted by molar-refractivity contribution is 7.45. The molecule has 1 amide bonds. The van der Waals surface area contributed by atoms with Crippen LogP contribution in [0.15, 0.2) is 109 Å². The lowest BCUT2D eigenvalue weighted by Crippen LogP contribution is -2.45. The molecule has 0 aromatic heterocycles. The number of phosphoric ester groups is 1. The Morgan fingerprint density at radius 2 is 0.925 bits per heavy atom. The molecule has 0 saturated heterocycles. The first kappa shape index (κ1) is 64.2. The standard InChI is InChI=1S/C58H101N2O6P/c1-6-8-10-12-14-16-18-20-22-24-26-28-29-30-31-32-34-36-38-40-42-44-46-48-50-52-58(62)59-56(55-66-67(63,64)65-54-53-60(3,4)5)57(61)51-49-47-45-43-41-39-37-35-33-27-25-23-21-19-17-15-13-11-9-7-2/h8,10,14,16,20,22,26,28,30-31,33-36,41,43,49,51,56-57,61H,6-7,9,11-13,15,17-19,21,23-25,27,29,32,37-40,42,44-48,50,52-55H2,1-5H3,(H-,59,62,63,64)/b10-8-,16-14-,22-20-,28-26-,31-30-,35-33+,36-34-,43-41+,51-49+. The molecule has 0 saturated carbocycles. The summed E-state index contributed by atoms with van der Waals surface area (Å²) < 4.78 is 23.3. The predicted octanol–water partition coefficient (Wildman–Crippen LogP) is 15.4. The van der Waals surface area contributed by atoms with Crippen molar-refractivity contribution in [3.63, 3.8) is 0 Å². The quantitative estimate of drug-likeness (QED) is 0.0272. The van der Waals surface area contributed by atoms with Gasteiger partial charge in [-0.2, -0.15) is 0 Å². The number of nitrogens with zero attached hydrogens (tertiary/aromatic N) is 1. The zero-order chi connectivity index (χ0) is 49.2. The minimum Gasteiger partial charge on any atom is -0.756 e. The van der Waals surface area contributed by atoms with Crippen LogP contribution in [-0.2, 0) is 18.4 Å². The Kier molecular flexibility index (Phi) is 46.2. The number of carbonyl (C=O) groups is 1. The molecule has 0 aromatic carbocycles. The molecule has 0 fully saturated rings. The van der Waals surface area contributed by atoms with E-state index in [1.807, 2.05) is 27.2 Å². The number of nitrogens with one attached hydrogen (secondary N) is 1. The lowest BCUT2D eigenvalue weighted by molar-refractivity contribution is -0.870. The van der Waals surface area contributed by atoms with Gasteiger partial charge in [-0.15, -0.1) is 0 Å². The van der Waals surface area contributed by atoms with Gasteiger partial charge in [0, 0.05) is 6.42 Å². The second-order valence-electron chi connectivity index (χ2n) is 18.8. The first-order valence-corrected chi connectivity index (χ1v) is 28.2. The van der Waals surface area contributed by atoms with E-state index in [0.717, 1.165) is 109 Å². The maximum atomic E-state index is 12.9. The van der Waals surface area contributed by atoms with Gasteiger partial charge in [0.15, 0.2) is 0 Å². The Balaban J connectivity index is 4.42. The highest BCUT2D eigenvalue weighted by Crippen LogP contribution is 2.38. The van der Waals surface area contributed by atoms with E-state index in [9.17, 15) is 19.4 Å². The molecule has 67 heavy (non-hydrogen) atoms. The van der Waals surface area contributed by atoms with Gasteiger partial charge in [0.1, 0.15) is 13.2 Å². The molecule has 0 bridgehead atoms. The van der Waals surface area contributed by atoms with E-state index in [-0.39, 0.29) is 12.5 Å². The van der Waals surface area contributed by atoms with Crippen molar-refractivity contribution < 1.29 is 32.9 Å². The van der Waals surface area contributed by atoms with E-state index in [1.165, 1.54) is 70.6 Å². The van der Waals surface area contributed by atoms with Crippen LogP contribution in [-0.4, -0.2) is 68.5 Å². The smallest absolute Gasteiger partial charge is 0.268 e. The Hall–Kier alpha value is -2.84. The Morgan fingerprint density at radius 1 is 0.537 bits per heavy atom. The van der Waals surface area contributed by atoms with E-state index in [0.29, 0.717) is 17.4 Å². The zero-order valence-corrected chi connectivity index (χ0v) is 44.5. The fourth-order valence-corrected chi connectivity index (χ4v) is 7.73. The summed E-state index contributed by atoms with van der Waals surface area (Å²) in [4.78, 5) is 25.4. The Morgan fingerprint density at radius 3 is 1.39 bits per heavy atom. The predicted molar refractivity (Wildman–Crippen MR) is 288 cm³/mol. The molecule has 3 unspecified atom stereocenters. The number of likely N-dealkylation sites (N-methyl/N-ethyl adjacent to an activating group) is 1. The molecule has 0 aliphatic heterocycles. The molecule has 384 valence electrons. The normalized spacial score (nSPS) is 14.9. The van der Waals surface area contributed by atoms with Crippen molar-refractivity contribution in [3.05, 3.63) is 109 Å². The number of allylic oxidation sites excluding steroid dienone is 17. The van der Waals surface area contributed by atoms with Crippen molar-refractivity contribution in [2.45, 2.75) is 212 Å². The fraction of sp³-hybridized carbons (Fsp3) is 0.672. The van der Waals surface area contributed by atoms with Gasteiger partial charge < -0.3 is 28.8 Å². The second kappa shape index (κ2) is 48.2. The van der Waals surface area contributed by atoms with Gasteiger partial charge in [0.05, 0.1) is 39.9 Å². The van der Waals surface area contributed by atoms with Crippen LogP contribution >= 0.6 is 7.82 Å². The van der Waals surface area contributed by atoms with Crippen LogP contribution in [0.3, 0.4) is 0 Å². The summed E-state index contributed by atoms with van der Waals surface area (Å²) >= 11 is 0. The molecule has 0 aliphatic rings. The molecule has 0 heterocycles. The lowest BCUT2D eigenvalue weighted by Gasteiger charge is -2.29. The Labute approximate surface area is 412 Å². The van der Waals surface area contributed by atoms with Gasteiger partial charge in [0.2, 0.25) is 5.91 Å². The van der Waals surface area contributed by atoms with E-state index in [2.05, 4.69) is 116 Å². The molecule has 0 spiro atoms. The van der Waals surface area contributed by atoms with Crippen LogP contribution in [0.5, 0.6) is 0 Å². The van der Waals surface area contributed by atoms with Crippen LogP contribution in [0.2, 0.25) is 0 Å². The van der Waals surface area contributed by atoms with Crippen LogP contribution in [0.4, 0.5) is 0 Å². The topological polar surface area (TPSA) is 108 Å². The van der Waals surface area contributed by atoms with Gasteiger partial charge in [-0.05, 0) is 96.3 Å². The van der Waals surface area contributed by atoms with Crippen LogP contribution < -0.4 is 10.2 Å². The number of hydrogen-bond acceptors (Lipinski definition) is 6. The summed E-state index contributed by atoms with van der Waals surface area (Å²) in [5.41, 5.74) is 0. The van der Waals surface area contributed by atoms with Crippen molar-refractivity contribution >= 4 is 13.7 Å². The first-order valence-electron chi connectivity index (χ1n) is 26.7. The van der Waals surface area contributed by atoms with Gasteiger partial charge >= 0.3 is 0 Å². The largest absolute Gasteiger partial charge is 0.756 e. The molecule has 0 rings (SSSR count). The lowest BCUT2D eigenvalue weighted by atomic mass is 10.1. The number of amides is 1. The monoisotopic (exact) mass is 953 g/mol. The number of aliphatic hydroxyl groups excluding tert-OH is 1. The molecular weight excluding hydrogens is 852 g/mol. The molecule has 0 aromatic rings. The van der Waals surface area contributed by atoms with E-state index >= 15 is 0 Å². The third kappa shape index (κ3) is 50.9. The third-order valence-electron chi connectivity index (χ3n) is 11.2. The van der Waals surface area contributed by atoms with Crippen molar-refractivity contribution in [2.24, 2.45) is 0 Å². The zero-order valence-electron chi connectivity index (χ0n) is 43.6. The maximum Gasteiger partial charge on any atom is 0.268 e. The van der Waals surface area contributed by atoms with Crippen molar-refractivity contribution in [3.8, 4) is 0 Å². The molecule has 0 radical (unpaired) electrons. The van der Waals surface area contributed by atoms with Crippen LogP contribution in [0.25, 0.3) is 0 Å². The Bertz CT molecular complexity index is 1450. The first-order chi connectivity index (χ1) is 32.5. The van der Waals surface area contributed by atoms with Crippen LogP contribution in [0.1, 0.15) is 200 Å². The average molecular weight is 953 g/mol. The summed E-state index contributed by atoms with van der Waals surface area (Å²) in [6.45, 7) is 4.48. The summed E-state index contributed by atoms with van der Waals surface area (Å²) in [5.74, 6) is -0.231. The summed E-state index contributed by atoms with van der Waals surface area (Å²) in [5, 5.41) is 13.8. The number of phosphoric acid groups is 1. The maximum absolute atomic E-state index is 12.9. The molecule has 8 nitrogen and oxygen atoms in total. The van der Waals surface area contributed by atoms with Crippen LogP contribution in [0, 0.1) is 0 Å². The second-order valence-corrected chi connectivity index (χ2v) is 20.2. The molecule has 0 aliphatic carbocycles. The fourth-order valence-electron chi connectivity index (χ4n) is 7.01. The SMILES string of the molecule is CC/C=C\C/C=C\C/C=C\C/C=C\C/C=C\C/C=C\CCCCCCCCC(=O)NC(COP(=O)([O-])OCC[N+](C)(C)C)C(O)/C=C/CC/C=C/CC/C=C/CCCCCCCCCCCC.